The molecule has 0 radical (unpaired) electrons. The van der Waals surface area contributed by atoms with Crippen LogP contribution in [0.3, 0.4) is 0 Å². The molecule has 1 aromatic heterocycles. The second-order valence-electron chi connectivity index (χ2n) is 4.95. The Bertz CT molecular complexity index is 413. The number of rotatable bonds is 5. The fourth-order valence-electron chi connectivity index (χ4n) is 1.86. The number of aromatic nitrogens is 1. The summed E-state index contributed by atoms with van der Waals surface area (Å²) < 4.78 is 0. The van der Waals surface area contributed by atoms with Gasteiger partial charge in [-0.3, -0.25) is 4.99 Å². The SMILES string of the molecule is CN=C(NCCCc1nc(C)cs1)NC1CC1C. The first kappa shape index (κ1) is 13.3. The van der Waals surface area contributed by atoms with Crippen LogP contribution in [0.2, 0.25) is 0 Å². The van der Waals surface area contributed by atoms with Gasteiger partial charge in [0.25, 0.3) is 0 Å². The predicted octanol–water partition coefficient (Wildman–Crippen LogP) is 1.96. The van der Waals surface area contributed by atoms with Gasteiger partial charge in [-0.15, -0.1) is 11.3 Å². The third kappa shape index (κ3) is 3.98. The molecule has 1 aliphatic rings. The third-order valence-electron chi connectivity index (χ3n) is 3.18. The molecule has 0 spiro atoms. The molecule has 0 saturated heterocycles. The Labute approximate surface area is 113 Å². The van der Waals surface area contributed by atoms with Gasteiger partial charge in [-0.1, -0.05) is 6.92 Å². The number of nitrogens with zero attached hydrogens (tertiary/aromatic N) is 2. The van der Waals surface area contributed by atoms with E-state index in [9.17, 15) is 0 Å². The summed E-state index contributed by atoms with van der Waals surface area (Å²) in [5.74, 6) is 1.72. The summed E-state index contributed by atoms with van der Waals surface area (Å²) in [6.45, 7) is 5.25. The Morgan fingerprint density at radius 2 is 2.39 bits per heavy atom. The van der Waals surface area contributed by atoms with E-state index in [1.807, 2.05) is 14.0 Å². The van der Waals surface area contributed by atoms with Crippen molar-refractivity contribution in [1.82, 2.24) is 15.6 Å². The van der Waals surface area contributed by atoms with E-state index < -0.39 is 0 Å². The van der Waals surface area contributed by atoms with E-state index in [1.165, 1.54) is 11.4 Å². The zero-order chi connectivity index (χ0) is 13.0. The lowest BCUT2D eigenvalue weighted by atomic mass is 10.3. The van der Waals surface area contributed by atoms with Crippen LogP contribution in [0.15, 0.2) is 10.4 Å². The van der Waals surface area contributed by atoms with Crippen LogP contribution in [0, 0.1) is 12.8 Å². The molecule has 2 unspecified atom stereocenters. The molecule has 1 saturated carbocycles. The van der Waals surface area contributed by atoms with Gasteiger partial charge < -0.3 is 10.6 Å². The van der Waals surface area contributed by atoms with Crippen molar-refractivity contribution in [2.75, 3.05) is 13.6 Å². The number of aryl methyl sites for hydroxylation is 2. The van der Waals surface area contributed by atoms with Crippen molar-refractivity contribution in [3.8, 4) is 0 Å². The van der Waals surface area contributed by atoms with Crippen molar-refractivity contribution in [3.63, 3.8) is 0 Å². The van der Waals surface area contributed by atoms with Crippen molar-refractivity contribution >= 4 is 17.3 Å². The fraction of sp³-hybridized carbons (Fsp3) is 0.692. The van der Waals surface area contributed by atoms with Crippen LogP contribution < -0.4 is 10.6 Å². The molecule has 2 rings (SSSR count). The second kappa shape index (κ2) is 6.18. The van der Waals surface area contributed by atoms with Gasteiger partial charge in [0, 0.05) is 37.1 Å². The largest absolute Gasteiger partial charge is 0.356 e. The summed E-state index contributed by atoms with van der Waals surface area (Å²) in [7, 11) is 1.83. The lowest BCUT2D eigenvalue weighted by Crippen LogP contribution is -2.39. The Morgan fingerprint density at radius 3 is 2.94 bits per heavy atom. The molecule has 0 aliphatic heterocycles. The van der Waals surface area contributed by atoms with Crippen LogP contribution in [0.5, 0.6) is 0 Å². The predicted molar refractivity (Wildman–Crippen MR) is 77.2 cm³/mol. The van der Waals surface area contributed by atoms with Gasteiger partial charge in [0.2, 0.25) is 0 Å². The molecule has 0 amide bonds. The van der Waals surface area contributed by atoms with Crippen molar-refractivity contribution < 1.29 is 0 Å². The monoisotopic (exact) mass is 266 g/mol. The van der Waals surface area contributed by atoms with Crippen molar-refractivity contribution in [2.45, 2.75) is 39.2 Å². The van der Waals surface area contributed by atoms with Crippen molar-refractivity contribution in [2.24, 2.45) is 10.9 Å². The first-order valence-electron chi connectivity index (χ1n) is 6.57. The molecule has 2 atom stereocenters. The summed E-state index contributed by atoms with van der Waals surface area (Å²) in [6.07, 6.45) is 3.40. The maximum absolute atomic E-state index is 4.46. The van der Waals surface area contributed by atoms with Crippen LogP contribution in [0.4, 0.5) is 0 Å². The molecule has 1 heterocycles. The maximum atomic E-state index is 4.46. The minimum Gasteiger partial charge on any atom is -0.356 e. The highest BCUT2D eigenvalue weighted by Crippen LogP contribution is 2.28. The second-order valence-corrected chi connectivity index (χ2v) is 5.89. The molecule has 100 valence electrons. The molecule has 18 heavy (non-hydrogen) atoms. The van der Waals surface area contributed by atoms with Crippen molar-refractivity contribution in [3.05, 3.63) is 16.1 Å². The highest BCUT2D eigenvalue weighted by molar-refractivity contribution is 7.09. The van der Waals surface area contributed by atoms with Gasteiger partial charge >= 0.3 is 0 Å². The van der Waals surface area contributed by atoms with Gasteiger partial charge in [-0.25, -0.2) is 4.98 Å². The van der Waals surface area contributed by atoms with Gasteiger partial charge in [0.1, 0.15) is 0 Å². The summed E-state index contributed by atoms with van der Waals surface area (Å²) in [5, 5.41) is 10.1. The Balaban J connectivity index is 1.62. The van der Waals surface area contributed by atoms with Crippen LogP contribution in [-0.2, 0) is 6.42 Å². The fourth-order valence-corrected chi connectivity index (χ4v) is 2.68. The standard InChI is InChI=1S/C13H22N4S/c1-9-7-11(9)17-13(14-3)15-6-4-5-12-16-10(2)8-18-12/h8-9,11H,4-7H2,1-3H3,(H2,14,15,17). The van der Waals surface area contributed by atoms with E-state index >= 15 is 0 Å². The van der Waals surface area contributed by atoms with Gasteiger partial charge in [-0.2, -0.15) is 0 Å². The van der Waals surface area contributed by atoms with E-state index in [2.05, 4.69) is 32.9 Å². The minimum absolute atomic E-state index is 0.623. The molecule has 1 fully saturated rings. The molecule has 1 aliphatic carbocycles. The number of guanidine groups is 1. The molecular weight excluding hydrogens is 244 g/mol. The first-order valence-corrected chi connectivity index (χ1v) is 7.45. The Kier molecular flexibility index (Phi) is 4.58. The molecule has 0 bridgehead atoms. The average molecular weight is 266 g/mol. The minimum atomic E-state index is 0.623. The summed E-state index contributed by atoms with van der Waals surface area (Å²) in [5.41, 5.74) is 1.13. The Hall–Kier alpha value is -1.10. The van der Waals surface area contributed by atoms with Crippen molar-refractivity contribution in [1.29, 1.82) is 0 Å². The van der Waals surface area contributed by atoms with Gasteiger partial charge in [0.15, 0.2) is 5.96 Å². The van der Waals surface area contributed by atoms with Gasteiger partial charge in [-0.05, 0) is 25.7 Å². The smallest absolute Gasteiger partial charge is 0.191 e. The van der Waals surface area contributed by atoms with E-state index in [0.717, 1.165) is 37.0 Å². The van der Waals surface area contributed by atoms with Crippen LogP contribution in [0.25, 0.3) is 0 Å². The average Bonchev–Trinajstić information content (AvgIpc) is 2.87. The first-order chi connectivity index (χ1) is 8.69. The lowest BCUT2D eigenvalue weighted by molar-refractivity contribution is 0.724. The van der Waals surface area contributed by atoms with Gasteiger partial charge in [0.05, 0.1) is 5.01 Å². The molecular formula is C13H22N4S. The van der Waals surface area contributed by atoms with E-state index in [0.29, 0.717) is 6.04 Å². The molecule has 4 nitrogen and oxygen atoms in total. The van der Waals surface area contributed by atoms with Crippen LogP contribution in [-0.4, -0.2) is 30.6 Å². The summed E-state index contributed by atoms with van der Waals surface area (Å²) in [6, 6.07) is 0.623. The lowest BCUT2D eigenvalue weighted by Gasteiger charge is -2.10. The van der Waals surface area contributed by atoms with E-state index in [4.69, 9.17) is 0 Å². The third-order valence-corrected chi connectivity index (χ3v) is 4.21. The van der Waals surface area contributed by atoms with E-state index in [1.54, 1.807) is 11.3 Å². The number of hydrogen-bond acceptors (Lipinski definition) is 3. The highest BCUT2D eigenvalue weighted by Gasteiger charge is 2.33. The molecule has 0 aromatic carbocycles. The zero-order valence-corrected chi connectivity index (χ0v) is 12.2. The highest BCUT2D eigenvalue weighted by atomic mass is 32.1. The number of aliphatic imine (C=N–C) groups is 1. The topological polar surface area (TPSA) is 49.3 Å². The van der Waals surface area contributed by atoms with E-state index in [-0.39, 0.29) is 0 Å². The van der Waals surface area contributed by atoms with Crippen LogP contribution >= 0.6 is 11.3 Å². The normalized spacial score (nSPS) is 22.9. The summed E-state index contributed by atoms with van der Waals surface area (Å²) in [4.78, 5) is 8.69. The number of hydrogen-bond donors (Lipinski definition) is 2. The number of thiazole rings is 1. The molecule has 5 heteroatoms. The molecule has 1 aromatic rings. The number of nitrogens with one attached hydrogen (secondary N) is 2. The molecule has 2 N–H and O–H groups in total. The van der Waals surface area contributed by atoms with Crippen LogP contribution in [0.1, 0.15) is 30.5 Å². The quantitative estimate of drug-likeness (QED) is 0.486. The summed E-state index contributed by atoms with van der Waals surface area (Å²) >= 11 is 1.75. The Morgan fingerprint density at radius 1 is 1.61 bits per heavy atom. The maximum Gasteiger partial charge on any atom is 0.191 e. The zero-order valence-electron chi connectivity index (χ0n) is 11.4.